The van der Waals surface area contributed by atoms with Crippen LogP contribution < -0.4 is 0 Å². The Morgan fingerprint density at radius 1 is 1.27 bits per heavy atom. The smallest absolute Gasteiger partial charge is 0.0804 e. The Hall–Kier alpha value is -1.26. The van der Waals surface area contributed by atoms with Gasteiger partial charge in [0.1, 0.15) is 0 Å². The summed E-state index contributed by atoms with van der Waals surface area (Å²) in [4.78, 5) is 0. The fourth-order valence-corrected chi connectivity index (χ4v) is 1.83. The first-order chi connectivity index (χ1) is 7.16. The SMILES string of the molecule is CC#CCCC(O)c1c(C)cccc1C. The number of aliphatic hydroxyl groups is 1. The lowest BCUT2D eigenvalue weighted by atomic mass is 9.95. The molecule has 0 aliphatic rings. The molecule has 0 spiro atoms. The summed E-state index contributed by atoms with van der Waals surface area (Å²) in [6, 6.07) is 6.10. The van der Waals surface area contributed by atoms with Crippen molar-refractivity contribution in [3.05, 3.63) is 34.9 Å². The average Bonchev–Trinajstić information content (AvgIpc) is 2.18. The number of hydrogen-bond donors (Lipinski definition) is 1. The molecule has 0 aliphatic carbocycles. The van der Waals surface area contributed by atoms with Crippen molar-refractivity contribution < 1.29 is 5.11 Å². The van der Waals surface area contributed by atoms with Gasteiger partial charge in [-0.15, -0.1) is 11.8 Å². The summed E-state index contributed by atoms with van der Waals surface area (Å²) in [5.41, 5.74) is 3.38. The van der Waals surface area contributed by atoms with Gasteiger partial charge in [0.2, 0.25) is 0 Å². The molecule has 0 aliphatic heterocycles. The molecule has 0 radical (unpaired) electrons. The van der Waals surface area contributed by atoms with Crippen LogP contribution in [-0.4, -0.2) is 5.11 Å². The van der Waals surface area contributed by atoms with Gasteiger partial charge >= 0.3 is 0 Å². The Labute approximate surface area is 92.1 Å². The number of benzene rings is 1. The molecule has 1 unspecified atom stereocenters. The molecule has 80 valence electrons. The average molecular weight is 202 g/mol. The van der Waals surface area contributed by atoms with E-state index >= 15 is 0 Å². The monoisotopic (exact) mass is 202 g/mol. The Morgan fingerprint density at radius 2 is 1.87 bits per heavy atom. The highest BCUT2D eigenvalue weighted by Gasteiger charge is 2.11. The highest BCUT2D eigenvalue weighted by atomic mass is 16.3. The van der Waals surface area contributed by atoms with Gasteiger partial charge in [-0.2, -0.15) is 0 Å². The maximum absolute atomic E-state index is 10.0. The van der Waals surface area contributed by atoms with Crippen LogP contribution in [0.2, 0.25) is 0 Å². The molecule has 1 N–H and O–H groups in total. The zero-order chi connectivity index (χ0) is 11.3. The number of aliphatic hydroxyl groups excluding tert-OH is 1. The third kappa shape index (κ3) is 3.11. The Balaban J connectivity index is 2.79. The first-order valence-corrected chi connectivity index (χ1v) is 5.30. The van der Waals surface area contributed by atoms with Gasteiger partial charge in [-0.1, -0.05) is 18.2 Å². The molecule has 1 aromatic carbocycles. The van der Waals surface area contributed by atoms with E-state index in [0.29, 0.717) is 6.42 Å². The van der Waals surface area contributed by atoms with E-state index in [2.05, 4.69) is 11.8 Å². The molecular weight excluding hydrogens is 184 g/mol. The predicted molar refractivity (Wildman–Crippen MR) is 63.6 cm³/mol. The van der Waals surface area contributed by atoms with E-state index in [-0.39, 0.29) is 6.10 Å². The van der Waals surface area contributed by atoms with E-state index in [9.17, 15) is 5.11 Å². The molecule has 0 saturated carbocycles. The van der Waals surface area contributed by atoms with Gasteiger partial charge in [0.05, 0.1) is 6.10 Å². The third-order valence-electron chi connectivity index (χ3n) is 2.59. The number of hydrogen-bond acceptors (Lipinski definition) is 1. The van der Waals surface area contributed by atoms with Gasteiger partial charge in [0, 0.05) is 6.42 Å². The lowest BCUT2D eigenvalue weighted by Gasteiger charge is -2.15. The summed E-state index contributed by atoms with van der Waals surface area (Å²) >= 11 is 0. The molecule has 1 rings (SSSR count). The van der Waals surface area contributed by atoms with Crippen molar-refractivity contribution in [3.63, 3.8) is 0 Å². The fraction of sp³-hybridized carbons (Fsp3) is 0.429. The summed E-state index contributed by atoms with van der Waals surface area (Å²) < 4.78 is 0. The molecular formula is C14H18O. The van der Waals surface area contributed by atoms with Crippen molar-refractivity contribution in [1.82, 2.24) is 0 Å². The molecule has 1 nitrogen and oxygen atoms in total. The molecule has 1 heteroatoms. The quantitative estimate of drug-likeness (QED) is 0.746. The van der Waals surface area contributed by atoms with Crippen LogP contribution in [0.15, 0.2) is 18.2 Å². The largest absolute Gasteiger partial charge is 0.388 e. The van der Waals surface area contributed by atoms with Gasteiger partial charge in [0.15, 0.2) is 0 Å². The third-order valence-corrected chi connectivity index (χ3v) is 2.59. The summed E-state index contributed by atoms with van der Waals surface area (Å²) in [5, 5.41) is 10.0. The van der Waals surface area contributed by atoms with E-state index in [0.717, 1.165) is 23.1 Å². The first-order valence-electron chi connectivity index (χ1n) is 5.30. The minimum Gasteiger partial charge on any atom is -0.388 e. The van der Waals surface area contributed by atoms with Crippen LogP contribution in [0, 0.1) is 25.7 Å². The lowest BCUT2D eigenvalue weighted by molar-refractivity contribution is 0.168. The van der Waals surface area contributed by atoms with Gasteiger partial charge < -0.3 is 5.11 Å². The van der Waals surface area contributed by atoms with E-state index in [1.165, 1.54) is 0 Å². The van der Waals surface area contributed by atoms with Gasteiger partial charge in [0.25, 0.3) is 0 Å². The standard InChI is InChI=1S/C14H18O/c1-4-5-6-10-13(15)14-11(2)8-7-9-12(14)3/h7-9,13,15H,6,10H2,1-3H3. The maximum Gasteiger partial charge on any atom is 0.0804 e. The lowest BCUT2D eigenvalue weighted by Crippen LogP contribution is -2.02. The summed E-state index contributed by atoms with van der Waals surface area (Å²) in [6.07, 6.45) is 1.09. The predicted octanol–water partition coefficient (Wildman–Crippen LogP) is 3.14. The normalized spacial score (nSPS) is 11.7. The highest BCUT2D eigenvalue weighted by Crippen LogP contribution is 2.24. The van der Waals surface area contributed by atoms with Crippen molar-refractivity contribution in [2.45, 2.75) is 39.7 Å². The van der Waals surface area contributed by atoms with E-state index in [1.54, 1.807) is 0 Å². The maximum atomic E-state index is 10.0. The van der Waals surface area contributed by atoms with E-state index in [4.69, 9.17) is 0 Å². The molecule has 0 saturated heterocycles. The molecule has 0 bridgehead atoms. The second-order valence-corrected chi connectivity index (χ2v) is 3.79. The van der Waals surface area contributed by atoms with Gasteiger partial charge in [-0.25, -0.2) is 0 Å². The van der Waals surface area contributed by atoms with Gasteiger partial charge in [-0.05, 0) is 43.9 Å². The van der Waals surface area contributed by atoms with Crippen molar-refractivity contribution in [1.29, 1.82) is 0 Å². The van der Waals surface area contributed by atoms with E-state index in [1.807, 2.05) is 39.0 Å². The molecule has 0 fully saturated rings. The van der Waals surface area contributed by atoms with Crippen LogP contribution in [0.4, 0.5) is 0 Å². The van der Waals surface area contributed by atoms with Crippen LogP contribution >= 0.6 is 0 Å². The minimum atomic E-state index is -0.382. The zero-order valence-corrected chi connectivity index (χ0v) is 9.67. The van der Waals surface area contributed by atoms with Crippen LogP contribution in [0.25, 0.3) is 0 Å². The van der Waals surface area contributed by atoms with Crippen molar-refractivity contribution in [2.24, 2.45) is 0 Å². The molecule has 1 atom stereocenters. The van der Waals surface area contributed by atoms with Crippen LogP contribution in [0.3, 0.4) is 0 Å². The van der Waals surface area contributed by atoms with Crippen molar-refractivity contribution >= 4 is 0 Å². The fourth-order valence-electron chi connectivity index (χ4n) is 1.83. The number of rotatable bonds is 3. The first kappa shape index (κ1) is 11.8. The van der Waals surface area contributed by atoms with Crippen LogP contribution in [-0.2, 0) is 0 Å². The Bertz CT molecular complexity index is 362. The molecule has 15 heavy (non-hydrogen) atoms. The zero-order valence-electron chi connectivity index (χ0n) is 9.67. The Morgan fingerprint density at radius 3 is 2.40 bits per heavy atom. The van der Waals surface area contributed by atoms with E-state index < -0.39 is 0 Å². The topological polar surface area (TPSA) is 20.2 Å². The Kier molecular flexibility index (Phi) is 4.39. The summed E-state index contributed by atoms with van der Waals surface area (Å²) in [6.45, 7) is 5.90. The molecule has 0 aromatic heterocycles. The molecule has 0 heterocycles. The molecule has 0 amide bonds. The van der Waals surface area contributed by atoms with Crippen molar-refractivity contribution in [3.8, 4) is 11.8 Å². The van der Waals surface area contributed by atoms with Crippen molar-refractivity contribution in [2.75, 3.05) is 0 Å². The second-order valence-electron chi connectivity index (χ2n) is 3.79. The summed E-state index contributed by atoms with van der Waals surface area (Å²) in [5.74, 6) is 5.82. The minimum absolute atomic E-state index is 0.382. The van der Waals surface area contributed by atoms with Crippen LogP contribution in [0.5, 0.6) is 0 Å². The second kappa shape index (κ2) is 5.58. The summed E-state index contributed by atoms with van der Waals surface area (Å²) in [7, 11) is 0. The highest BCUT2D eigenvalue weighted by molar-refractivity contribution is 5.35. The van der Waals surface area contributed by atoms with Gasteiger partial charge in [-0.3, -0.25) is 0 Å². The number of aryl methyl sites for hydroxylation is 2. The molecule has 1 aromatic rings. The van der Waals surface area contributed by atoms with Crippen LogP contribution in [0.1, 0.15) is 42.6 Å².